The molecule has 1 aromatic heterocycles. The topological polar surface area (TPSA) is 12.9 Å². The predicted molar refractivity (Wildman–Crippen MR) is 64.1 cm³/mol. The SMILES string of the molecule is Cc1cc(C2CC3CC2C2C(C)C32)ccn1. The highest BCUT2D eigenvalue weighted by Crippen LogP contribution is 2.72. The Morgan fingerprint density at radius 2 is 2.12 bits per heavy atom. The molecule has 0 radical (unpaired) electrons. The van der Waals surface area contributed by atoms with E-state index < -0.39 is 0 Å². The van der Waals surface area contributed by atoms with E-state index in [1.54, 1.807) is 5.56 Å². The Morgan fingerprint density at radius 1 is 1.25 bits per heavy atom. The third kappa shape index (κ3) is 1.04. The lowest BCUT2D eigenvalue weighted by molar-refractivity contribution is 0.397. The lowest BCUT2D eigenvalue weighted by atomic mass is 9.83. The Labute approximate surface area is 97.3 Å². The number of aryl methyl sites for hydroxylation is 1. The van der Waals surface area contributed by atoms with Gasteiger partial charge in [0.15, 0.2) is 0 Å². The standard InChI is InChI=1S/C15H19N/c1-8-5-10(3-4-16-8)12-6-11-7-13(12)15-9(2)14(11)15/h3-5,9,11-15H,6-7H2,1-2H3. The van der Waals surface area contributed by atoms with Crippen LogP contribution in [0.15, 0.2) is 18.3 Å². The molecule has 0 N–H and O–H groups in total. The van der Waals surface area contributed by atoms with E-state index in [1.165, 1.54) is 18.5 Å². The second-order valence-corrected chi connectivity index (χ2v) is 6.25. The molecule has 6 unspecified atom stereocenters. The molecule has 0 amide bonds. The van der Waals surface area contributed by atoms with Crippen molar-refractivity contribution in [2.45, 2.75) is 32.6 Å². The zero-order valence-electron chi connectivity index (χ0n) is 10.1. The van der Waals surface area contributed by atoms with Gasteiger partial charge in [-0.1, -0.05) is 6.92 Å². The van der Waals surface area contributed by atoms with Crippen LogP contribution in [0.4, 0.5) is 0 Å². The summed E-state index contributed by atoms with van der Waals surface area (Å²) in [5.74, 6) is 6.16. The highest BCUT2D eigenvalue weighted by Gasteiger charge is 2.65. The van der Waals surface area contributed by atoms with E-state index in [9.17, 15) is 0 Å². The lowest BCUT2D eigenvalue weighted by Gasteiger charge is -2.22. The number of hydrogen-bond donors (Lipinski definition) is 0. The maximum Gasteiger partial charge on any atom is 0.0375 e. The van der Waals surface area contributed by atoms with Crippen molar-refractivity contribution in [1.82, 2.24) is 4.98 Å². The molecule has 3 aliphatic carbocycles. The first kappa shape index (κ1) is 9.21. The average Bonchev–Trinajstić information content (AvgIpc) is 2.70. The fraction of sp³-hybridized carbons (Fsp3) is 0.667. The summed E-state index contributed by atoms with van der Waals surface area (Å²) in [5.41, 5.74) is 2.75. The quantitative estimate of drug-likeness (QED) is 0.696. The Bertz CT molecular complexity index is 437. The zero-order valence-corrected chi connectivity index (χ0v) is 10.1. The van der Waals surface area contributed by atoms with Gasteiger partial charge in [0.25, 0.3) is 0 Å². The van der Waals surface area contributed by atoms with Gasteiger partial charge in [0, 0.05) is 11.9 Å². The number of nitrogens with zero attached hydrogens (tertiary/aromatic N) is 1. The van der Waals surface area contributed by atoms with Crippen LogP contribution in [-0.4, -0.2) is 4.98 Å². The molecule has 2 bridgehead atoms. The van der Waals surface area contributed by atoms with Gasteiger partial charge in [-0.3, -0.25) is 4.98 Å². The van der Waals surface area contributed by atoms with Crippen LogP contribution >= 0.6 is 0 Å². The van der Waals surface area contributed by atoms with Crippen molar-refractivity contribution in [3.05, 3.63) is 29.6 Å². The van der Waals surface area contributed by atoms with Gasteiger partial charge in [-0.05, 0) is 73.0 Å². The maximum absolute atomic E-state index is 4.32. The third-order valence-corrected chi connectivity index (χ3v) is 5.55. The molecule has 3 saturated carbocycles. The van der Waals surface area contributed by atoms with Gasteiger partial charge < -0.3 is 0 Å². The number of rotatable bonds is 1. The van der Waals surface area contributed by atoms with Crippen LogP contribution in [-0.2, 0) is 0 Å². The predicted octanol–water partition coefficient (Wildman–Crippen LogP) is 3.40. The summed E-state index contributed by atoms with van der Waals surface area (Å²) in [7, 11) is 0. The van der Waals surface area contributed by atoms with Crippen molar-refractivity contribution in [3.8, 4) is 0 Å². The van der Waals surface area contributed by atoms with Crippen LogP contribution in [0.5, 0.6) is 0 Å². The Morgan fingerprint density at radius 3 is 2.88 bits per heavy atom. The van der Waals surface area contributed by atoms with E-state index in [4.69, 9.17) is 0 Å². The molecular weight excluding hydrogens is 194 g/mol. The average molecular weight is 213 g/mol. The fourth-order valence-corrected chi connectivity index (χ4v) is 4.98. The first-order valence-corrected chi connectivity index (χ1v) is 6.68. The van der Waals surface area contributed by atoms with E-state index in [0.29, 0.717) is 0 Å². The Hall–Kier alpha value is -0.850. The van der Waals surface area contributed by atoms with Gasteiger partial charge in [-0.15, -0.1) is 0 Å². The molecule has 16 heavy (non-hydrogen) atoms. The van der Waals surface area contributed by atoms with Crippen LogP contribution in [0, 0.1) is 36.5 Å². The first-order valence-electron chi connectivity index (χ1n) is 6.68. The molecule has 1 aromatic rings. The molecule has 1 nitrogen and oxygen atoms in total. The Balaban J connectivity index is 1.67. The van der Waals surface area contributed by atoms with E-state index in [2.05, 4.69) is 31.0 Å². The van der Waals surface area contributed by atoms with Gasteiger partial charge in [0.05, 0.1) is 0 Å². The summed E-state index contributed by atoms with van der Waals surface area (Å²) in [4.78, 5) is 4.32. The van der Waals surface area contributed by atoms with Gasteiger partial charge >= 0.3 is 0 Å². The fourth-order valence-electron chi connectivity index (χ4n) is 4.98. The van der Waals surface area contributed by atoms with Gasteiger partial charge in [-0.2, -0.15) is 0 Å². The van der Waals surface area contributed by atoms with E-state index in [0.717, 1.165) is 35.5 Å². The Kier molecular flexibility index (Phi) is 1.66. The van der Waals surface area contributed by atoms with Crippen molar-refractivity contribution < 1.29 is 0 Å². The summed E-state index contributed by atoms with van der Waals surface area (Å²) < 4.78 is 0. The van der Waals surface area contributed by atoms with Gasteiger partial charge in [-0.25, -0.2) is 0 Å². The number of aromatic nitrogens is 1. The highest BCUT2D eigenvalue weighted by molar-refractivity contribution is 5.27. The second kappa shape index (κ2) is 2.88. The van der Waals surface area contributed by atoms with Crippen molar-refractivity contribution in [3.63, 3.8) is 0 Å². The summed E-state index contributed by atoms with van der Waals surface area (Å²) in [6.45, 7) is 4.58. The van der Waals surface area contributed by atoms with E-state index in [1.807, 2.05) is 6.20 Å². The van der Waals surface area contributed by atoms with Crippen LogP contribution < -0.4 is 0 Å². The third-order valence-electron chi connectivity index (χ3n) is 5.55. The van der Waals surface area contributed by atoms with Crippen LogP contribution in [0.1, 0.15) is 36.9 Å². The molecule has 6 atom stereocenters. The molecule has 0 spiro atoms. The molecule has 0 aliphatic heterocycles. The van der Waals surface area contributed by atoms with Crippen molar-refractivity contribution >= 4 is 0 Å². The minimum absolute atomic E-state index is 0.859. The van der Waals surface area contributed by atoms with Crippen molar-refractivity contribution in [2.24, 2.45) is 29.6 Å². The minimum Gasteiger partial charge on any atom is -0.262 e. The maximum atomic E-state index is 4.32. The second-order valence-electron chi connectivity index (χ2n) is 6.25. The smallest absolute Gasteiger partial charge is 0.0375 e. The van der Waals surface area contributed by atoms with Gasteiger partial charge in [0.2, 0.25) is 0 Å². The van der Waals surface area contributed by atoms with E-state index in [-0.39, 0.29) is 0 Å². The molecule has 0 aromatic carbocycles. The van der Waals surface area contributed by atoms with E-state index >= 15 is 0 Å². The number of fused-ring (bicyclic) bond motifs is 5. The monoisotopic (exact) mass is 213 g/mol. The summed E-state index contributed by atoms with van der Waals surface area (Å²) in [6, 6.07) is 4.56. The van der Waals surface area contributed by atoms with Gasteiger partial charge in [0.1, 0.15) is 0 Å². The molecule has 84 valence electrons. The summed E-state index contributed by atoms with van der Waals surface area (Å²) in [5, 5.41) is 0. The molecular formula is C15H19N. The highest BCUT2D eigenvalue weighted by atomic mass is 14.7. The van der Waals surface area contributed by atoms with Crippen LogP contribution in [0.3, 0.4) is 0 Å². The minimum atomic E-state index is 0.859. The normalized spacial score (nSPS) is 48.1. The van der Waals surface area contributed by atoms with Crippen molar-refractivity contribution in [1.29, 1.82) is 0 Å². The molecule has 3 fully saturated rings. The molecule has 0 saturated heterocycles. The molecule has 3 aliphatic rings. The van der Waals surface area contributed by atoms with Crippen LogP contribution in [0.2, 0.25) is 0 Å². The lowest BCUT2D eigenvalue weighted by Crippen LogP contribution is -2.11. The summed E-state index contributed by atoms with van der Waals surface area (Å²) >= 11 is 0. The summed E-state index contributed by atoms with van der Waals surface area (Å²) in [6.07, 6.45) is 4.97. The number of pyridine rings is 1. The zero-order chi connectivity index (χ0) is 10.9. The van der Waals surface area contributed by atoms with Crippen molar-refractivity contribution in [2.75, 3.05) is 0 Å². The largest absolute Gasteiger partial charge is 0.262 e. The first-order chi connectivity index (χ1) is 7.75. The molecule has 4 rings (SSSR count). The molecule has 1 heterocycles. The molecule has 1 heteroatoms. The van der Waals surface area contributed by atoms with Crippen LogP contribution in [0.25, 0.3) is 0 Å². The number of hydrogen-bond acceptors (Lipinski definition) is 1.